The van der Waals surface area contributed by atoms with Crippen LogP contribution in [0, 0.1) is 11.3 Å². The highest BCUT2D eigenvalue weighted by Crippen LogP contribution is 2.40. The van der Waals surface area contributed by atoms with Crippen LogP contribution in [-0.2, 0) is 9.59 Å². The second-order valence-corrected chi connectivity index (χ2v) is 4.60. The lowest BCUT2D eigenvalue weighted by molar-refractivity contribution is -0.152. The van der Waals surface area contributed by atoms with Gasteiger partial charge in [0.25, 0.3) is 0 Å². The highest BCUT2D eigenvalue weighted by molar-refractivity contribution is 6.07. The lowest BCUT2D eigenvalue weighted by Gasteiger charge is -2.45. The van der Waals surface area contributed by atoms with E-state index in [2.05, 4.69) is 4.90 Å². The Morgan fingerprint density at radius 3 is 3.00 bits per heavy atom. The lowest BCUT2D eigenvalue weighted by atomic mass is 9.65. The molecule has 78 valence electrons. The Morgan fingerprint density at radius 1 is 1.64 bits per heavy atom. The van der Waals surface area contributed by atoms with Gasteiger partial charge in [0.2, 0.25) is 5.91 Å². The van der Waals surface area contributed by atoms with E-state index in [1.54, 1.807) is 0 Å². The normalized spacial score (nSPS) is 38.4. The summed E-state index contributed by atoms with van der Waals surface area (Å²) in [7, 11) is 1.95. The fourth-order valence-electron chi connectivity index (χ4n) is 2.85. The molecule has 1 saturated heterocycles. The first-order valence-corrected chi connectivity index (χ1v) is 5.09. The van der Waals surface area contributed by atoms with Crippen LogP contribution in [0.4, 0.5) is 0 Å². The van der Waals surface area contributed by atoms with Crippen molar-refractivity contribution in [1.29, 1.82) is 0 Å². The number of carbonyl (C=O) groups excluding carboxylic acids is 2. The minimum atomic E-state index is -0.865. The summed E-state index contributed by atoms with van der Waals surface area (Å²) in [5.41, 5.74) is 4.51. The summed E-state index contributed by atoms with van der Waals surface area (Å²) in [6, 6.07) is 0. The number of nitrogens with zero attached hydrogens (tertiary/aromatic N) is 1. The van der Waals surface area contributed by atoms with Gasteiger partial charge in [0.15, 0.2) is 5.78 Å². The van der Waals surface area contributed by atoms with E-state index in [9.17, 15) is 9.59 Å². The first-order chi connectivity index (χ1) is 6.56. The van der Waals surface area contributed by atoms with E-state index in [1.807, 2.05) is 7.05 Å². The van der Waals surface area contributed by atoms with Crippen molar-refractivity contribution in [1.82, 2.24) is 4.90 Å². The van der Waals surface area contributed by atoms with Gasteiger partial charge in [-0.05, 0) is 19.9 Å². The van der Waals surface area contributed by atoms with Crippen LogP contribution in [0.25, 0.3) is 0 Å². The van der Waals surface area contributed by atoms with E-state index in [4.69, 9.17) is 5.73 Å². The molecule has 0 aromatic heterocycles. The minimum absolute atomic E-state index is 0.0370. The van der Waals surface area contributed by atoms with Gasteiger partial charge >= 0.3 is 0 Å². The number of ketones is 1. The van der Waals surface area contributed by atoms with E-state index in [0.29, 0.717) is 13.0 Å². The molecule has 0 spiro atoms. The summed E-state index contributed by atoms with van der Waals surface area (Å²) in [5, 5.41) is 0. The van der Waals surface area contributed by atoms with Crippen molar-refractivity contribution in [2.45, 2.75) is 19.3 Å². The molecule has 2 aliphatic rings. The second kappa shape index (κ2) is 3.05. The van der Waals surface area contributed by atoms with Gasteiger partial charge in [-0.3, -0.25) is 9.59 Å². The summed E-state index contributed by atoms with van der Waals surface area (Å²) in [4.78, 5) is 25.5. The molecular weight excluding hydrogens is 180 g/mol. The smallest absolute Gasteiger partial charge is 0.232 e. The van der Waals surface area contributed by atoms with Crippen LogP contribution in [0.15, 0.2) is 0 Å². The first-order valence-electron chi connectivity index (χ1n) is 5.09. The number of hydrogen-bond donors (Lipinski definition) is 1. The topological polar surface area (TPSA) is 63.4 Å². The van der Waals surface area contributed by atoms with Gasteiger partial charge in [0.05, 0.1) is 0 Å². The minimum Gasteiger partial charge on any atom is -0.369 e. The van der Waals surface area contributed by atoms with Crippen LogP contribution < -0.4 is 5.73 Å². The average molecular weight is 196 g/mol. The summed E-state index contributed by atoms with van der Waals surface area (Å²) in [6.07, 6.45) is 2.51. The van der Waals surface area contributed by atoms with Crippen LogP contribution in [-0.4, -0.2) is 36.7 Å². The third-order valence-corrected chi connectivity index (χ3v) is 3.54. The summed E-state index contributed by atoms with van der Waals surface area (Å²) in [6.45, 7) is 1.30. The van der Waals surface area contributed by atoms with Crippen molar-refractivity contribution in [3.8, 4) is 0 Å². The van der Waals surface area contributed by atoms with Crippen LogP contribution in [0.5, 0.6) is 0 Å². The Morgan fingerprint density at radius 2 is 2.36 bits per heavy atom. The molecule has 2 N–H and O–H groups in total. The van der Waals surface area contributed by atoms with E-state index in [0.717, 1.165) is 19.4 Å². The molecule has 0 radical (unpaired) electrons. The molecule has 1 amide bonds. The van der Waals surface area contributed by atoms with Gasteiger partial charge in [-0.25, -0.2) is 0 Å². The maximum Gasteiger partial charge on any atom is 0.232 e. The Bertz CT molecular complexity index is 290. The van der Waals surface area contributed by atoms with Crippen LogP contribution in [0.1, 0.15) is 19.3 Å². The van der Waals surface area contributed by atoms with E-state index in [-0.39, 0.29) is 11.7 Å². The number of Topliss-reactive ketones (excluding diaryl/α,β-unsaturated/α-hetero) is 1. The molecule has 0 aromatic carbocycles. The summed E-state index contributed by atoms with van der Waals surface area (Å²) < 4.78 is 0. The molecule has 2 atom stereocenters. The van der Waals surface area contributed by atoms with Gasteiger partial charge in [0.1, 0.15) is 5.41 Å². The van der Waals surface area contributed by atoms with Crippen molar-refractivity contribution in [2.24, 2.45) is 17.1 Å². The zero-order valence-electron chi connectivity index (χ0n) is 8.45. The zero-order chi connectivity index (χ0) is 10.3. The van der Waals surface area contributed by atoms with Crippen LogP contribution in [0.3, 0.4) is 0 Å². The number of nitrogens with two attached hydrogens (primary N) is 1. The molecule has 0 aromatic rings. The molecular formula is C10H16N2O2. The zero-order valence-corrected chi connectivity index (χ0v) is 8.45. The van der Waals surface area contributed by atoms with Crippen molar-refractivity contribution in [3.63, 3.8) is 0 Å². The van der Waals surface area contributed by atoms with Crippen LogP contribution in [0.2, 0.25) is 0 Å². The summed E-state index contributed by atoms with van der Waals surface area (Å²) >= 11 is 0. The van der Waals surface area contributed by atoms with E-state index >= 15 is 0 Å². The van der Waals surface area contributed by atoms with Gasteiger partial charge in [0, 0.05) is 19.0 Å². The van der Waals surface area contributed by atoms with Crippen molar-refractivity contribution < 1.29 is 9.59 Å². The molecule has 1 aliphatic carbocycles. The van der Waals surface area contributed by atoms with Gasteiger partial charge in [-0.2, -0.15) is 0 Å². The largest absolute Gasteiger partial charge is 0.369 e. The Hall–Kier alpha value is -0.900. The third-order valence-electron chi connectivity index (χ3n) is 3.54. The predicted molar refractivity (Wildman–Crippen MR) is 51.5 cm³/mol. The number of hydrogen-bond acceptors (Lipinski definition) is 3. The van der Waals surface area contributed by atoms with Crippen molar-refractivity contribution in [2.75, 3.05) is 20.1 Å². The number of fused-ring (bicyclic) bond motifs is 2. The second-order valence-electron chi connectivity index (χ2n) is 4.60. The number of rotatable bonds is 1. The first kappa shape index (κ1) is 9.65. The number of primary amides is 1. The molecule has 1 saturated carbocycles. The molecule has 1 aliphatic heterocycles. The van der Waals surface area contributed by atoms with Gasteiger partial charge < -0.3 is 10.6 Å². The molecule has 2 rings (SSSR count). The fraction of sp³-hybridized carbons (Fsp3) is 0.800. The van der Waals surface area contributed by atoms with Gasteiger partial charge in [-0.15, -0.1) is 0 Å². The molecule has 2 bridgehead atoms. The highest BCUT2D eigenvalue weighted by atomic mass is 16.2. The van der Waals surface area contributed by atoms with Crippen molar-refractivity contribution >= 4 is 11.7 Å². The molecule has 1 heterocycles. The Labute approximate surface area is 83.4 Å². The third kappa shape index (κ3) is 1.17. The lowest BCUT2D eigenvalue weighted by Crippen LogP contribution is -2.60. The van der Waals surface area contributed by atoms with E-state index in [1.165, 1.54) is 0 Å². The maximum absolute atomic E-state index is 12.0. The monoisotopic (exact) mass is 196 g/mol. The molecule has 4 nitrogen and oxygen atoms in total. The number of likely N-dealkylation sites (tertiary alicyclic amines) is 1. The maximum atomic E-state index is 12.0. The van der Waals surface area contributed by atoms with Crippen LogP contribution >= 0.6 is 0 Å². The molecule has 4 heteroatoms. The Balaban J connectivity index is 2.35. The van der Waals surface area contributed by atoms with Crippen molar-refractivity contribution in [3.05, 3.63) is 0 Å². The molecule has 2 unspecified atom stereocenters. The SMILES string of the molecule is CN1CC2CCCC(C(N)=O)(C1)C2=O. The quantitative estimate of drug-likeness (QED) is 0.589. The molecule has 14 heavy (non-hydrogen) atoms. The standard InChI is InChI=1S/C10H16N2O2/c1-12-5-7-3-2-4-10(6-12,8(7)13)9(11)14/h7H,2-6H2,1H3,(H2,11,14). The highest BCUT2D eigenvalue weighted by Gasteiger charge is 2.52. The average Bonchev–Trinajstić information content (AvgIpc) is 2.07. The number of carbonyl (C=O) groups is 2. The molecule has 2 fully saturated rings. The van der Waals surface area contributed by atoms with Gasteiger partial charge in [-0.1, -0.05) is 6.42 Å². The Kier molecular flexibility index (Phi) is 2.10. The number of amides is 1. The fourth-order valence-corrected chi connectivity index (χ4v) is 2.85. The predicted octanol–water partition coefficient (Wildman–Crippen LogP) is -0.227. The number of piperidine rings is 1. The van der Waals surface area contributed by atoms with E-state index < -0.39 is 11.3 Å². The summed E-state index contributed by atoms with van der Waals surface area (Å²) in [5.74, 6) is -0.303.